The van der Waals surface area contributed by atoms with Crippen molar-refractivity contribution >= 4 is 11.6 Å². The van der Waals surface area contributed by atoms with Crippen LogP contribution in [0.5, 0.6) is 0 Å². The zero-order valence-corrected chi connectivity index (χ0v) is 14.2. The van der Waals surface area contributed by atoms with Gasteiger partial charge < -0.3 is 4.90 Å². The van der Waals surface area contributed by atoms with Gasteiger partial charge in [0, 0.05) is 36.3 Å². The molecule has 0 spiro atoms. The van der Waals surface area contributed by atoms with Crippen molar-refractivity contribution in [2.45, 2.75) is 25.2 Å². The number of rotatable bonds is 4. The molecule has 0 bridgehead atoms. The van der Waals surface area contributed by atoms with Crippen LogP contribution in [0.4, 0.5) is 0 Å². The Hall–Kier alpha value is -2.68. The monoisotopic (exact) mass is 331 g/mol. The van der Waals surface area contributed by atoms with E-state index in [0.29, 0.717) is 17.6 Å². The smallest absolute Gasteiger partial charge is 0.191 e. The maximum atomic E-state index is 13.3. The third-order valence-corrected chi connectivity index (χ3v) is 5.16. The number of carbonyl (C=O) groups is 2. The molecule has 3 nitrogen and oxygen atoms in total. The normalized spacial score (nSPS) is 20.4. The molecular formula is C22H21NO2. The van der Waals surface area contributed by atoms with Crippen molar-refractivity contribution < 1.29 is 9.59 Å². The minimum Gasteiger partial charge on any atom is -0.374 e. The number of nitrogens with zero attached hydrogens (tertiary/aromatic N) is 1. The van der Waals surface area contributed by atoms with E-state index >= 15 is 0 Å². The Balaban J connectivity index is 1.83. The molecule has 126 valence electrons. The Bertz CT molecular complexity index is 818. The second-order valence-electron chi connectivity index (χ2n) is 6.74. The molecule has 25 heavy (non-hydrogen) atoms. The number of ketones is 2. The molecule has 1 saturated heterocycles. The second kappa shape index (κ2) is 6.67. The predicted molar refractivity (Wildman–Crippen MR) is 97.4 cm³/mol. The van der Waals surface area contributed by atoms with Crippen molar-refractivity contribution in [1.82, 2.24) is 4.90 Å². The molecule has 0 saturated carbocycles. The van der Waals surface area contributed by atoms with Gasteiger partial charge in [-0.25, -0.2) is 0 Å². The molecule has 1 heterocycles. The lowest BCUT2D eigenvalue weighted by Gasteiger charge is -2.21. The Labute approximate surface area is 148 Å². The molecule has 0 aromatic heterocycles. The first-order valence-corrected chi connectivity index (χ1v) is 8.91. The van der Waals surface area contributed by atoms with Crippen LogP contribution >= 0.6 is 0 Å². The molecule has 2 aromatic rings. The minimum absolute atomic E-state index is 0.0118. The summed E-state index contributed by atoms with van der Waals surface area (Å²) in [6, 6.07) is 19.0. The lowest BCUT2D eigenvalue weighted by atomic mass is 9.87. The van der Waals surface area contributed by atoms with E-state index in [1.807, 2.05) is 60.7 Å². The number of benzene rings is 2. The first kappa shape index (κ1) is 15.8. The van der Waals surface area contributed by atoms with Gasteiger partial charge in [0.2, 0.25) is 0 Å². The molecule has 1 aliphatic heterocycles. The van der Waals surface area contributed by atoms with Gasteiger partial charge >= 0.3 is 0 Å². The number of hydrogen-bond acceptors (Lipinski definition) is 3. The fourth-order valence-corrected chi connectivity index (χ4v) is 3.96. The molecule has 1 aliphatic carbocycles. The second-order valence-corrected chi connectivity index (χ2v) is 6.74. The third kappa shape index (κ3) is 2.91. The van der Waals surface area contributed by atoms with Crippen LogP contribution in [0.25, 0.3) is 0 Å². The van der Waals surface area contributed by atoms with Gasteiger partial charge in [-0.1, -0.05) is 60.7 Å². The summed E-state index contributed by atoms with van der Waals surface area (Å²) in [6.45, 7) is 1.88. The molecule has 0 radical (unpaired) electrons. The summed E-state index contributed by atoms with van der Waals surface area (Å²) in [7, 11) is 0. The summed E-state index contributed by atoms with van der Waals surface area (Å²) in [5.74, 6) is -0.320. The van der Waals surface area contributed by atoms with Gasteiger partial charge in [0.15, 0.2) is 11.6 Å². The molecule has 2 aromatic carbocycles. The Morgan fingerprint density at radius 3 is 2.12 bits per heavy atom. The third-order valence-electron chi connectivity index (χ3n) is 5.16. The first-order valence-electron chi connectivity index (χ1n) is 8.91. The zero-order valence-electron chi connectivity index (χ0n) is 14.2. The topological polar surface area (TPSA) is 37.4 Å². The molecule has 1 unspecified atom stereocenters. The van der Waals surface area contributed by atoms with E-state index in [-0.39, 0.29) is 11.6 Å². The summed E-state index contributed by atoms with van der Waals surface area (Å²) in [4.78, 5) is 28.4. The molecule has 2 aliphatic rings. The van der Waals surface area contributed by atoms with E-state index in [1.54, 1.807) is 0 Å². The first-order chi connectivity index (χ1) is 12.3. The van der Waals surface area contributed by atoms with Crippen molar-refractivity contribution in [1.29, 1.82) is 0 Å². The average molecular weight is 331 g/mol. The number of likely N-dealkylation sites (tertiary alicyclic amines) is 1. The van der Waals surface area contributed by atoms with E-state index in [1.165, 1.54) is 0 Å². The summed E-state index contributed by atoms with van der Waals surface area (Å²) < 4.78 is 0. The molecule has 0 N–H and O–H groups in total. The number of hydrogen-bond donors (Lipinski definition) is 0. The van der Waals surface area contributed by atoms with Gasteiger partial charge in [0.05, 0.1) is 5.92 Å². The van der Waals surface area contributed by atoms with Crippen LogP contribution < -0.4 is 0 Å². The summed E-state index contributed by atoms with van der Waals surface area (Å²) >= 11 is 0. The quantitative estimate of drug-likeness (QED) is 0.796. The van der Waals surface area contributed by atoms with Gasteiger partial charge in [-0.05, 0) is 18.4 Å². The molecule has 0 amide bonds. The summed E-state index contributed by atoms with van der Waals surface area (Å²) in [6.07, 6.45) is 2.62. The van der Waals surface area contributed by atoms with Gasteiger partial charge in [-0.2, -0.15) is 0 Å². The van der Waals surface area contributed by atoms with Crippen molar-refractivity contribution in [3.8, 4) is 0 Å². The molecule has 4 rings (SSSR count). The van der Waals surface area contributed by atoms with E-state index < -0.39 is 5.92 Å². The van der Waals surface area contributed by atoms with Crippen LogP contribution in [-0.4, -0.2) is 29.6 Å². The van der Waals surface area contributed by atoms with Gasteiger partial charge in [-0.15, -0.1) is 0 Å². The lowest BCUT2D eigenvalue weighted by molar-refractivity contribution is -0.118. The SMILES string of the molecule is O=C(C1=C(N2CCCC2)CC(=O)C1c1ccccc1)c1ccccc1. The number of allylic oxidation sites excluding steroid dienone is 2. The highest BCUT2D eigenvalue weighted by atomic mass is 16.1. The van der Waals surface area contributed by atoms with Crippen LogP contribution in [0.1, 0.15) is 41.1 Å². The highest BCUT2D eigenvalue weighted by Crippen LogP contribution is 2.40. The predicted octanol–water partition coefficient (Wildman–Crippen LogP) is 3.98. The summed E-state index contributed by atoms with van der Waals surface area (Å²) in [5.41, 5.74) is 3.21. The Kier molecular flexibility index (Phi) is 4.22. The van der Waals surface area contributed by atoms with E-state index in [4.69, 9.17) is 0 Å². The van der Waals surface area contributed by atoms with Gasteiger partial charge in [0.1, 0.15) is 0 Å². The Morgan fingerprint density at radius 2 is 1.48 bits per heavy atom. The van der Waals surface area contributed by atoms with Crippen molar-refractivity contribution in [3.05, 3.63) is 83.1 Å². The maximum absolute atomic E-state index is 13.3. The molecule has 1 atom stereocenters. The van der Waals surface area contributed by atoms with Gasteiger partial charge in [0.25, 0.3) is 0 Å². The van der Waals surface area contributed by atoms with Crippen molar-refractivity contribution in [2.24, 2.45) is 0 Å². The van der Waals surface area contributed by atoms with Crippen LogP contribution in [0.3, 0.4) is 0 Å². The van der Waals surface area contributed by atoms with Crippen LogP contribution in [0, 0.1) is 0 Å². The van der Waals surface area contributed by atoms with Gasteiger partial charge in [-0.3, -0.25) is 9.59 Å². The fourth-order valence-electron chi connectivity index (χ4n) is 3.96. The van der Waals surface area contributed by atoms with E-state index in [2.05, 4.69) is 4.90 Å². The molecule has 1 fully saturated rings. The van der Waals surface area contributed by atoms with Crippen LogP contribution in [0.2, 0.25) is 0 Å². The Morgan fingerprint density at radius 1 is 0.880 bits per heavy atom. The lowest BCUT2D eigenvalue weighted by Crippen LogP contribution is -2.21. The highest BCUT2D eigenvalue weighted by molar-refractivity contribution is 6.16. The van der Waals surface area contributed by atoms with E-state index in [0.717, 1.165) is 37.2 Å². The molecule has 3 heteroatoms. The average Bonchev–Trinajstić information content (AvgIpc) is 3.30. The largest absolute Gasteiger partial charge is 0.374 e. The molecular weight excluding hydrogens is 310 g/mol. The fraction of sp³-hybridized carbons (Fsp3) is 0.273. The summed E-state index contributed by atoms with van der Waals surface area (Å²) in [5, 5.41) is 0. The minimum atomic E-state index is -0.440. The number of carbonyl (C=O) groups excluding carboxylic acids is 2. The van der Waals surface area contributed by atoms with Crippen LogP contribution in [-0.2, 0) is 4.79 Å². The maximum Gasteiger partial charge on any atom is 0.191 e. The number of Topliss-reactive ketones (excluding diaryl/α,β-unsaturated/α-hetero) is 2. The van der Waals surface area contributed by atoms with Crippen molar-refractivity contribution in [2.75, 3.05) is 13.1 Å². The standard InChI is InChI=1S/C22H21NO2/c24-19-15-18(23-13-7-8-14-23)21(20(19)16-9-3-1-4-10-16)22(25)17-11-5-2-6-12-17/h1-6,9-12,20H,7-8,13-15H2. The van der Waals surface area contributed by atoms with Crippen LogP contribution in [0.15, 0.2) is 71.9 Å². The highest BCUT2D eigenvalue weighted by Gasteiger charge is 2.40. The zero-order chi connectivity index (χ0) is 17.2. The van der Waals surface area contributed by atoms with E-state index in [9.17, 15) is 9.59 Å². The van der Waals surface area contributed by atoms with Crippen molar-refractivity contribution in [3.63, 3.8) is 0 Å².